The van der Waals surface area contributed by atoms with Crippen molar-refractivity contribution in [2.75, 3.05) is 18.5 Å². The first-order chi connectivity index (χ1) is 10.2. The summed E-state index contributed by atoms with van der Waals surface area (Å²) < 4.78 is 5.83. The van der Waals surface area contributed by atoms with Crippen LogP contribution in [0.5, 0.6) is 5.75 Å². The Labute approximate surface area is 128 Å². The zero-order valence-corrected chi connectivity index (χ0v) is 13.1. The summed E-state index contributed by atoms with van der Waals surface area (Å²) >= 11 is 0. The predicted molar refractivity (Wildman–Crippen MR) is 87.8 cm³/mol. The molecule has 0 radical (unpaired) electrons. The van der Waals surface area contributed by atoms with Crippen LogP contribution in [0.15, 0.2) is 18.2 Å². The second kappa shape index (κ2) is 6.69. The van der Waals surface area contributed by atoms with Crippen LogP contribution in [0.4, 0.5) is 5.69 Å². The van der Waals surface area contributed by atoms with Gasteiger partial charge in [0.2, 0.25) is 0 Å². The van der Waals surface area contributed by atoms with E-state index in [2.05, 4.69) is 30.4 Å². The summed E-state index contributed by atoms with van der Waals surface area (Å²) in [6.45, 7) is 4.10. The number of anilines is 1. The van der Waals surface area contributed by atoms with Gasteiger partial charge in [-0.15, -0.1) is 0 Å². The lowest BCUT2D eigenvalue weighted by molar-refractivity contribution is 0.299. The first-order valence-corrected chi connectivity index (χ1v) is 8.43. The molecule has 3 heteroatoms. The van der Waals surface area contributed by atoms with Crippen LogP contribution >= 0.6 is 0 Å². The van der Waals surface area contributed by atoms with Crippen LogP contribution in [-0.2, 0) is 0 Å². The van der Waals surface area contributed by atoms with Gasteiger partial charge in [0, 0.05) is 18.3 Å². The normalized spacial score (nSPS) is 25.6. The fourth-order valence-corrected chi connectivity index (χ4v) is 3.07. The Balaban J connectivity index is 1.48. The quantitative estimate of drug-likeness (QED) is 0.839. The molecule has 0 bridgehead atoms. The number of nitrogens with two attached hydrogens (primary N) is 1. The predicted octanol–water partition coefficient (Wildman–Crippen LogP) is 3.71. The fraction of sp³-hybridized carbons (Fsp3) is 0.667. The molecule has 1 aromatic carbocycles. The zero-order chi connectivity index (χ0) is 14.7. The lowest BCUT2D eigenvalue weighted by atomic mass is 9.86. The van der Waals surface area contributed by atoms with Crippen LogP contribution < -0.4 is 15.8 Å². The SMILES string of the molecule is Cc1cc(OCC2CC2)ccc1NCC1CCC(N)CC1. The van der Waals surface area contributed by atoms with Gasteiger partial charge in [0.1, 0.15) is 5.75 Å². The van der Waals surface area contributed by atoms with Crippen molar-refractivity contribution >= 4 is 5.69 Å². The Bertz CT molecular complexity index is 462. The maximum absolute atomic E-state index is 5.96. The third-order valence-electron chi connectivity index (χ3n) is 4.85. The number of rotatable bonds is 6. The molecule has 3 N–H and O–H groups in total. The fourth-order valence-electron chi connectivity index (χ4n) is 3.07. The van der Waals surface area contributed by atoms with Crippen molar-refractivity contribution in [3.63, 3.8) is 0 Å². The molecule has 2 aliphatic carbocycles. The Morgan fingerprint density at radius 3 is 2.48 bits per heavy atom. The second-order valence-corrected chi connectivity index (χ2v) is 6.89. The van der Waals surface area contributed by atoms with Gasteiger partial charge >= 0.3 is 0 Å². The molecule has 0 spiro atoms. The highest BCUT2D eigenvalue weighted by Gasteiger charge is 2.22. The molecular weight excluding hydrogens is 260 g/mol. The van der Waals surface area contributed by atoms with Gasteiger partial charge in [0.05, 0.1) is 6.61 Å². The Kier molecular flexibility index (Phi) is 4.69. The van der Waals surface area contributed by atoms with Crippen molar-refractivity contribution in [1.82, 2.24) is 0 Å². The van der Waals surface area contributed by atoms with Crippen molar-refractivity contribution in [2.45, 2.75) is 51.5 Å². The van der Waals surface area contributed by atoms with Crippen LogP contribution in [0, 0.1) is 18.8 Å². The number of hydrogen-bond donors (Lipinski definition) is 2. The highest BCUT2D eigenvalue weighted by molar-refractivity contribution is 5.53. The third-order valence-corrected chi connectivity index (χ3v) is 4.85. The highest BCUT2D eigenvalue weighted by Crippen LogP contribution is 2.30. The molecule has 3 rings (SSSR count). The minimum Gasteiger partial charge on any atom is -0.493 e. The molecule has 2 fully saturated rings. The zero-order valence-electron chi connectivity index (χ0n) is 13.1. The van der Waals surface area contributed by atoms with E-state index in [1.807, 2.05) is 0 Å². The van der Waals surface area contributed by atoms with Crippen LogP contribution in [0.25, 0.3) is 0 Å². The van der Waals surface area contributed by atoms with Crippen LogP contribution in [0.1, 0.15) is 44.1 Å². The van der Waals surface area contributed by atoms with E-state index in [0.717, 1.165) is 30.7 Å². The van der Waals surface area contributed by atoms with E-state index in [9.17, 15) is 0 Å². The molecule has 0 aliphatic heterocycles. The average Bonchev–Trinajstić information content (AvgIpc) is 3.30. The summed E-state index contributed by atoms with van der Waals surface area (Å²) in [6.07, 6.45) is 7.55. The summed E-state index contributed by atoms with van der Waals surface area (Å²) in [4.78, 5) is 0. The lowest BCUT2D eigenvalue weighted by Crippen LogP contribution is -2.29. The van der Waals surface area contributed by atoms with E-state index >= 15 is 0 Å². The first kappa shape index (κ1) is 14.7. The van der Waals surface area contributed by atoms with Crippen molar-refractivity contribution < 1.29 is 4.74 Å². The van der Waals surface area contributed by atoms with E-state index in [1.165, 1.54) is 49.8 Å². The van der Waals surface area contributed by atoms with E-state index in [-0.39, 0.29) is 0 Å². The molecule has 1 aromatic rings. The molecule has 116 valence electrons. The summed E-state index contributed by atoms with van der Waals surface area (Å²) in [6, 6.07) is 6.84. The van der Waals surface area contributed by atoms with Gasteiger partial charge in [0.15, 0.2) is 0 Å². The molecule has 3 nitrogen and oxygen atoms in total. The number of nitrogens with one attached hydrogen (secondary N) is 1. The van der Waals surface area contributed by atoms with E-state index in [1.54, 1.807) is 0 Å². The highest BCUT2D eigenvalue weighted by atomic mass is 16.5. The lowest BCUT2D eigenvalue weighted by Gasteiger charge is -2.26. The monoisotopic (exact) mass is 288 g/mol. The largest absolute Gasteiger partial charge is 0.493 e. The van der Waals surface area contributed by atoms with Gasteiger partial charge in [-0.05, 0) is 81.0 Å². The van der Waals surface area contributed by atoms with Crippen LogP contribution in [-0.4, -0.2) is 19.2 Å². The second-order valence-electron chi connectivity index (χ2n) is 6.89. The van der Waals surface area contributed by atoms with Gasteiger partial charge in [0.25, 0.3) is 0 Å². The van der Waals surface area contributed by atoms with Crippen molar-refractivity contribution in [2.24, 2.45) is 17.6 Å². The smallest absolute Gasteiger partial charge is 0.119 e. The van der Waals surface area contributed by atoms with Crippen molar-refractivity contribution in [3.05, 3.63) is 23.8 Å². The summed E-state index contributed by atoms with van der Waals surface area (Å²) in [5.74, 6) is 2.59. The van der Waals surface area contributed by atoms with Gasteiger partial charge < -0.3 is 15.8 Å². The molecule has 0 saturated heterocycles. The van der Waals surface area contributed by atoms with Crippen LogP contribution in [0.3, 0.4) is 0 Å². The van der Waals surface area contributed by atoms with E-state index in [0.29, 0.717) is 6.04 Å². The molecule has 0 heterocycles. The standard InChI is InChI=1S/C18H28N2O/c1-13-10-17(21-12-15-2-3-15)8-9-18(13)20-11-14-4-6-16(19)7-5-14/h8-10,14-16,20H,2-7,11-12,19H2,1H3. The number of ether oxygens (including phenoxy) is 1. The van der Waals surface area contributed by atoms with E-state index < -0.39 is 0 Å². The summed E-state index contributed by atoms with van der Waals surface area (Å²) in [5.41, 5.74) is 8.48. The molecule has 0 unspecified atom stereocenters. The van der Waals surface area contributed by atoms with Crippen molar-refractivity contribution in [3.8, 4) is 5.75 Å². The average molecular weight is 288 g/mol. The maximum Gasteiger partial charge on any atom is 0.119 e. The van der Waals surface area contributed by atoms with Gasteiger partial charge in [-0.1, -0.05) is 0 Å². The number of aryl methyl sites for hydroxylation is 1. The van der Waals surface area contributed by atoms with Gasteiger partial charge in [-0.3, -0.25) is 0 Å². The third kappa shape index (κ3) is 4.37. The molecule has 21 heavy (non-hydrogen) atoms. The minimum absolute atomic E-state index is 0.436. The molecular formula is C18H28N2O. The van der Waals surface area contributed by atoms with E-state index in [4.69, 9.17) is 10.5 Å². The first-order valence-electron chi connectivity index (χ1n) is 8.43. The van der Waals surface area contributed by atoms with Gasteiger partial charge in [-0.25, -0.2) is 0 Å². The molecule has 2 aliphatic rings. The van der Waals surface area contributed by atoms with Crippen molar-refractivity contribution in [1.29, 1.82) is 0 Å². The Hall–Kier alpha value is -1.22. The summed E-state index contributed by atoms with van der Waals surface area (Å²) in [5, 5.41) is 3.61. The van der Waals surface area contributed by atoms with Crippen LogP contribution in [0.2, 0.25) is 0 Å². The molecule has 0 aromatic heterocycles. The Morgan fingerprint density at radius 2 is 1.81 bits per heavy atom. The molecule has 0 atom stereocenters. The maximum atomic E-state index is 5.96. The molecule has 2 saturated carbocycles. The topological polar surface area (TPSA) is 47.3 Å². The number of benzene rings is 1. The van der Waals surface area contributed by atoms with Gasteiger partial charge in [-0.2, -0.15) is 0 Å². The summed E-state index contributed by atoms with van der Waals surface area (Å²) in [7, 11) is 0. The minimum atomic E-state index is 0.436. The Morgan fingerprint density at radius 1 is 1.10 bits per heavy atom. The molecule has 0 amide bonds. The number of hydrogen-bond acceptors (Lipinski definition) is 3.